The van der Waals surface area contributed by atoms with Crippen molar-refractivity contribution in [3.05, 3.63) is 97.2 Å². The van der Waals surface area contributed by atoms with Gasteiger partial charge in [0.2, 0.25) is 5.90 Å². The summed E-state index contributed by atoms with van der Waals surface area (Å²) in [5, 5.41) is 0.468. The first-order chi connectivity index (χ1) is 15.4. The van der Waals surface area contributed by atoms with E-state index < -0.39 is 5.97 Å². The first kappa shape index (κ1) is 22.4. The molecule has 0 N–H and O–H groups in total. The van der Waals surface area contributed by atoms with Crippen molar-refractivity contribution in [1.29, 1.82) is 0 Å². The number of carbonyl (C=O) groups excluding carboxylic acids is 1. The fourth-order valence-electron chi connectivity index (χ4n) is 3.08. The monoisotopic (exact) mass is 559 g/mol. The van der Waals surface area contributed by atoms with Crippen LogP contribution in [0.3, 0.4) is 0 Å². The maximum absolute atomic E-state index is 12.4. The highest BCUT2D eigenvalue weighted by molar-refractivity contribution is 14.1. The highest BCUT2D eigenvalue weighted by Gasteiger charge is 2.26. The van der Waals surface area contributed by atoms with E-state index in [2.05, 4.69) is 27.6 Å². The molecule has 5 nitrogen and oxygen atoms in total. The van der Waals surface area contributed by atoms with E-state index in [4.69, 9.17) is 25.8 Å². The van der Waals surface area contributed by atoms with E-state index in [1.54, 1.807) is 31.4 Å². The Hall–Kier alpha value is -2.84. The van der Waals surface area contributed by atoms with Gasteiger partial charge in [0.15, 0.2) is 17.2 Å². The van der Waals surface area contributed by atoms with E-state index in [0.717, 1.165) is 14.7 Å². The molecule has 1 aliphatic heterocycles. The summed E-state index contributed by atoms with van der Waals surface area (Å²) >= 11 is 8.41. The molecule has 162 valence electrons. The first-order valence-corrected chi connectivity index (χ1v) is 11.2. The van der Waals surface area contributed by atoms with Gasteiger partial charge < -0.3 is 14.2 Å². The van der Waals surface area contributed by atoms with Crippen LogP contribution in [0.15, 0.2) is 71.4 Å². The maximum Gasteiger partial charge on any atom is 0.363 e. The second-order valence-corrected chi connectivity index (χ2v) is 8.80. The molecule has 3 aromatic rings. The van der Waals surface area contributed by atoms with Crippen LogP contribution in [0.5, 0.6) is 11.5 Å². The molecule has 0 atom stereocenters. The largest absolute Gasteiger partial charge is 0.493 e. The Morgan fingerprint density at radius 3 is 2.59 bits per heavy atom. The predicted molar refractivity (Wildman–Crippen MR) is 133 cm³/mol. The molecule has 1 aliphatic rings. The number of esters is 1. The van der Waals surface area contributed by atoms with E-state index in [-0.39, 0.29) is 11.6 Å². The third-order valence-corrected chi connectivity index (χ3v) is 5.79. The number of hydrogen-bond acceptors (Lipinski definition) is 5. The molecule has 7 heteroatoms. The Morgan fingerprint density at radius 2 is 1.84 bits per heavy atom. The third-order valence-electron chi connectivity index (χ3n) is 4.79. The maximum atomic E-state index is 12.4. The van der Waals surface area contributed by atoms with Gasteiger partial charge in [0, 0.05) is 3.57 Å². The molecule has 0 aliphatic carbocycles. The van der Waals surface area contributed by atoms with E-state index in [9.17, 15) is 4.79 Å². The second kappa shape index (κ2) is 9.75. The SMILES string of the molecule is COc1cc(/C=C2\N=C(c3cc(I)ccc3Cl)OC2=O)ccc1OCc1ccc(C)cc1. The highest BCUT2D eigenvalue weighted by Crippen LogP contribution is 2.31. The number of nitrogens with zero attached hydrogens (tertiary/aromatic N) is 1. The molecule has 1 heterocycles. The Balaban J connectivity index is 1.55. The van der Waals surface area contributed by atoms with Crippen LogP contribution in [0.4, 0.5) is 0 Å². The molecule has 32 heavy (non-hydrogen) atoms. The minimum Gasteiger partial charge on any atom is -0.493 e. The van der Waals surface area contributed by atoms with Crippen LogP contribution in [-0.4, -0.2) is 19.0 Å². The number of ether oxygens (including phenoxy) is 3. The Kier molecular flexibility index (Phi) is 6.81. The molecule has 0 unspecified atom stereocenters. The van der Waals surface area contributed by atoms with Crippen LogP contribution in [0, 0.1) is 10.5 Å². The standard InChI is InChI=1S/C25H19ClINO4/c1-15-3-5-16(6-4-15)14-31-22-10-7-17(12-23(22)30-2)11-21-25(29)32-24(28-21)19-13-18(27)8-9-20(19)26/h3-13H,14H2,1-2H3/b21-11-. The minimum absolute atomic E-state index is 0.185. The van der Waals surface area contributed by atoms with E-state index >= 15 is 0 Å². The molecule has 0 radical (unpaired) electrons. The van der Waals surface area contributed by atoms with Crippen LogP contribution in [0.2, 0.25) is 5.02 Å². The molecule has 0 bridgehead atoms. The average Bonchev–Trinajstić information content (AvgIpc) is 3.15. The molecule has 0 fully saturated rings. The number of hydrogen-bond donors (Lipinski definition) is 0. The topological polar surface area (TPSA) is 57.1 Å². The van der Waals surface area contributed by atoms with Crippen molar-refractivity contribution in [2.45, 2.75) is 13.5 Å². The van der Waals surface area contributed by atoms with Crippen molar-refractivity contribution >= 4 is 52.1 Å². The van der Waals surface area contributed by atoms with Crippen molar-refractivity contribution in [2.24, 2.45) is 4.99 Å². The normalized spacial score (nSPS) is 14.3. The number of cyclic esters (lactones) is 1. The van der Waals surface area contributed by atoms with E-state index in [0.29, 0.717) is 28.7 Å². The van der Waals surface area contributed by atoms with Gasteiger partial charge in [0.25, 0.3) is 0 Å². The molecule has 0 saturated carbocycles. The fourth-order valence-corrected chi connectivity index (χ4v) is 3.77. The number of aryl methyl sites for hydroxylation is 1. The summed E-state index contributed by atoms with van der Waals surface area (Å²) in [5.74, 6) is 0.824. The summed E-state index contributed by atoms with van der Waals surface area (Å²) in [6.07, 6.45) is 1.64. The molecular weight excluding hydrogens is 541 g/mol. The van der Waals surface area contributed by atoms with Crippen molar-refractivity contribution < 1.29 is 19.0 Å². The minimum atomic E-state index is -0.534. The lowest BCUT2D eigenvalue weighted by Crippen LogP contribution is -2.06. The quantitative estimate of drug-likeness (QED) is 0.205. The van der Waals surface area contributed by atoms with Crippen LogP contribution < -0.4 is 9.47 Å². The Labute approximate surface area is 204 Å². The van der Waals surface area contributed by atoms with Gasteiger partial charge in [-0.1, -0.05) is 47.5 Å². The number of benzene rings is 3. The van der Waals surface area contributed by atoms with Crippen molar-refractivity contribution in [2.75, 3.05) is 7.11 Å². The summed E-state index contributed by atoms with van der Waals surface area (Å²) in [6, 6.07) is 19.0. The number of halogens is 2. The molecule has 0 amide bonds. The van der Waals surface area contributed by atoms with Crippen LogP contribution in [0.1, 0.15) is 22.3 Å². The Bertz CT molecular complexity index is 1240. The number of carbonyl (C=O) groups is 1. The van der Waals surface area contributed by atoms with Gasteiger partial charge in [-0.05, 0) is 77.0 Å². The second-order valence-electron chi connectivity index (χ2n) is 7.14. The molecular formula is C25H19ClINO4. The smallest absolute Gasteiger partial charge is 0.363 e. The van der Waals surface area contributed by atoms with Crippen LogP contribution >= 0.6 is 34.2 Å². The summed E-state index contributed by atoms with van der Waals surface area (Å²) in [4.78, 5) is 16.7. The van der Waals surface area contributed by atoms with Crippen molar-refractivity contribution in [1.82, 2.24) is 0 Å². The molecule has 3 aromatic carbocycles. The molecule has 0 aromatic heterocycles. The molecule has 0 spiro atoms. The van der Waals surface area contributed by atoms with Crippen molar-refractivity contribution in [3.8, 4) is 11.5 Å². The number of methoxy groups -OCH3 is 1. The lowest BCUT2D eigenvalue weighted by Gasteiger charge is -2.11. The van der Waals surface area contributed by atoms with Crippen LogP contribution in [0.25, 0.3) is 6.08 Å². The van der Waals surface area contributed by atoms with Gasteiger partial charge in [-0.3, -0.25) is 0 Å². The Morgan fingerprint density at radius 1 is 1.06 bits per heavy atom. The van der Waals surface area contributed by atoms with Gasteiger partial charge in [-0.15, -0.1) is 0 Å². The number of rotatable bonds is 6. The van der Waals surface area contributed by atoms with Gasteiger partial charge in [-0.25, -0.2) is 9.79 Å². The van der Waals surface area contributed by atoms with E-state index in [1.807, 2.05) is 49.4 Å². The van der Waals surface area contributed by atoms with Gasteiger partial charge in [0.05, 0.1) is 17.7 Å². The molecule has 0 saturated heterocycles. The summed E-state index contributed by atoms with van der Waals surface area (Å²) in [7, 11) is 1.57. The number of aliphatic imine (C=N–C) groups is 1. The van der Waals surface area contributed by atoms with Gasteiger partial charge >= 0.3 is 5.97 Å². The summed E-state index contributed by atoms with van der Waals surface area (Å²) in [6.45, 7) is 2.47. The fraction of sp³-hybridized carbons (Fsp3) is 0.120. The first-order valence-electron chi connectivity index (χ1n) is 9.77. The third kappa shape index (κ3) is 5.14. The van der Waals surface area contributed by atoms with Crippen LogP contribution in [-0.2, 0) is 16.1 Å². The summed E-state index contributed by atoms with van der Waals surface area (Å²) in [5.41, 5.74) is 3.76. The zero-order valence-electron chi connectivity index (χ0n) is 17.4. The molecule has 4 rings (SSSR count). The van der Waals surface area contributed by atoms with Gasteiger partial charge in [-0.2, -0.15) is 0 Å². The highest BCUT2D eigenvalue weighted by atomic mass is 127. The zero-order chi connectivity index (χ0) is 22.7. The van der Waals surface area contributed by atoms with Gasteiger partial charge in [0.1, 0.15) is 6.61 Å². The van der Waals surface area contributed by atoms with E-state index in [1.165, 1.54) is 5.56 Å². The lowest BCUT2D eigenvalue weighted by atomic mass is 10.1. The lowest BCUT2D eigenvalue weighted by molar-refractivity contribution is -0.129. The predicted octanol–water partition coefficient (Wildman–Crippen LogP) is 6.19. The average molecular weight is 560 g/mol. The van der Waals surface area contributed by atoms with Crippen molar-refractivity contribution in [3.63, 3.8) is 0 Å². The summed E-state index contributed by atoms with van der Waals surface area (Å²) < 4.78 is 17.7. The zero-order valence-corrected chi connectivity index (χ0v) is 20.3.